The molecule has 6 heteroatoms. The molecular weight excluding hydrogens is 270 g/mol. The van der Waals surface area contributed by atoms with Gasteiger partial charge in [0, 0.05) is 19.7 Å². The first-order valence-electron chi connectivity index (χ1n) is 7.08. The van der Waals surface area contributed by atoms with E-state index in [-0.39, 0.29) is 0 Å². The molecule has 20 heavy (non-hydrogen) atoms. The molecule has 1 saturated heterocycles. The number of hydrogen-bond acceptors (Lipinski definition) is 6. The first kappa shape index (κ1) is 15.4. The Balaban J connectivity index is 1.99. The molecule has 1 aromatic heterocycles. The van der Waals surface area contributed by atoms with Gasteiger partial charge < -0.3 is 15.5 Å². The maximum atomic E-state index is 4.52. The molecular formula is C14H25N5S. The van der Waals surface area contributed by atoms with Crippen LogP contribution in [0.2, 0.25) is 0 Å². The van der Waals surface area contributed by atoms with Crippen molar-refractivity contribution < 1.29 is 0 Å². The molecule has 0 unspecified atom stereocenters. The summed E-state index contributed by atoms with van der Waals surface area (Å²) in [6, 6.07) is 1.97. The molecule has 1 aromatic rings. The average Bonchev–Trinajstić information content (AvgIpc) is 2.48. The predicted molar refractivity (Wildman–Crippen MR) is 86.7 cm³/mol. The standard InChI is InChI=1S/C14H25N5S/c1-14(5-7-19(3)8-6-14)10-16-12-9-11(15-2)17-13(18-12)20-4/h9H,5-8,10H2,1-4H3,(H2,15,16,17,18). The highest BCUT2D eigenvalue weighted by Gasteiger charge is 2.28. The van der Waals surface area contributed by atoms with Crippen LogP contribution in [0.5, 0.6) is 0 Å². The van der Waals surface area contributed by atoms with Crippen molar-refractivity contribution in [1.82, 2.24) is 14.9 Å². The number of nitrogens with zero attached hydrogens (tertiary/aromatic N) is 3. The van der Waals surface area contributed by atoms with Gasteiger partial charge >= 0.3 is 0 Å². The summed E-state index contributed by atoms with van der Waals surface area (Å²) in [6.45, 7) is 5.69. The lowest BCUT2D eigenvalue weighted by Gasteiger charge is -2.38. The Hall–Kier alpha value is -1.01. The van der Waals surface area contributed by atoms with Crippen LogP contribution in [-0.2, 0) is 0 Å². The molecule has 1 aliphatic rings. The second-order valence-corrected chi connectivity index (χ2v) is 6.62. The van der Waals surface area contributed by atoms with Crippen molar-refractivity contribution >= 4 is 23.4 Å². The van der Waals surface area contributed by atoms with Gasteiger partial charge in [0.25, 0.3) is 0 Å². The Labute approximate surface area is 125 Å². The van der Waals surface area contributed by atoms with E-state index >= 15 is 0 Å². The normalized spacial score (nSPS) is 18.8. The fraction of sp³-hybridized carbons (Fsp3) is 0.714. The van der Waals surface area contributed by atoms with Crippen molar-refractivity contribution in [1.29, 1.82) is 0 Å². The van der Waals surface area contributed by atoms with E-state index in [9.17, 15) is 0 Å². The van der Waals surface area contributed by atoms with Crippen molar-refractivity contribution in [2.75, 3.05) is 50.6 Å². The molecule has 112 valence electrons. The van der Waals surface area contributed by atoms with E-state index in [4.69, 9.17) is 0 Å². The Morgan fingerprint density at radius 3 is 2.55 bits per heavy atom. The summed E-state index contributed by atoms with van der Waals surface area (Å²) in [5, 5.41) is 7.38. The fourth-order valence-electron chi connectivity index (χ4n) is 2.37. The zero-order chi connectivity index (χ0) is 14.6. The van der Waals surface area contributed by atoms with Crippen molar-refractivity contribution in [3.63, 3.8) is 0 Å². The van der Waals surface area contributed by atoms with E-state index in [0.29, 0.717) is 5.41 Å². The fourth-order valence-corrected chi connectivity index (χ4v) is 2.75. The number of anilines is 2. The van der Waals surface area contributed by atoms with Gasteiger partial charge in [-0.25, -0.2) is 9.97 Å². The third kappa shape index (κ3) is 3.99. The summed E-state index contributed by atoms with van der Waals surface area (Å²) in [5.41, 5.74) is 0.358. The Bertz CT molecular complexity index is 421. The smallest absolute Gasteiger partial charge is 0.191 e. The molecule has 2 N–H and O–H groups in total. The number of likely N-dealkylation sites (tertiary alicyclic amines) is 1. The van der Waals surface area contributed by atoms with Gasteiger partial charge in [0.1, 0.15) is 11.6 Å². The summed E-state index contributed by atoms with van der Waals surface area (Å²) in [7, 11) is 4.08. The van der Waals surface area contributed by atoms with Crippen LogP contribution in [0.25, 0.3) is 0 Å². The third-order valence-corrected chi connectivity index (χ3v) is 4.58. The summed E-state index contributed by atoms with van der Waals surface area (Å²) >= 11 is 1.56. The van der Waals surface area contributed by atoms with E-state index in [1.807, 2.05) is 19.4 Å². The lowest BCUT2D eigenvalue weighted by molar-refractivity contribution is 0.150. The lowest BCUT2D eigenvalue weighted by atomic mass is 9.80. The number of nitrogens with one attached hydrogen (secondary N) is 2. The van der Waals surface area contributed by atoms with Crippen LogP contribution in [0.1, 0.15) is 19.8 Å². The molecule has 0 radical (unpaired) electrons. The summed E-state index contributed by atoms with van der Waals surface area (Å²) in [4.78, 5) is 11.3. The maximum Gasteiger partial charge on any atom is 0.191 e. The van der Waals surface area contributed by atoms with Crippen molar-refractivity contribution in [3.05, 3.63) is 6.07 Å². The second kappa shape index (κ2) is 6.63. The Kier molecular flexibility index (Phi) is 5.10. The zero-order valence-corrected chi connectivity index (χ0v) is 13.7. The predicted octanol–water partition coefficient (Wildman–Crippen LogP) is 2.38. The molecule has 0 bridgehead atoms. The quantitative estimate of drug-likeness (QED) is 0.642. The first-order valence-corrected chi connectivity index (χ1v) is 8.30. The molecule has 1 fully saturated rings. The van der Waals surface area contributed by atoms with Gasteiger partial charge in [-0.15, -0.1) is 0 Å². The molecule has 2 rings (SSSR count). The van der Waals surface area contributed by atoms with Crippen LogP contribution in [0.4, 0.5) is 11.6 Å². The SMILES string of the molecule is CNc1cc(NCC2(C)CCN(C)CC2)nc(SC)n1. The Morgan fingerprint density at radius 2 is 1.95 bits per heavy atom. The van der Waals surface area contributed by atoms with Gasteiger partial charge in [-0.3, -0.25) is 0 Å². The maximum absolute atomic E-state index is 4.52. The zero-order valence-electron chi connectivity index (χ0n) is 12.9. The molecule has 0 amide bonds. The van der Waals surface area contributed by atoms with Gasteiger partial charge in [0.15, 0.2) is 5.16 Å². The van der Waals surface area contributed by atoms with Crippen molar-refractivity contribution in [2.24, 2.45) is 5.41 Å². The first-order chi connectivity index (χ1) is 9.54. The molecule has 0 aliphatic carbocycles. The lowest BCUT2D eigenvalue weighted by Crippen LogP contribution is -2.40. The molecule has 1 aliphatic heterocycles. The van der Waals surface area contributed by atoms with Crippen LogP contribution in [0.15, 0.2) is 11.2 Å². The van der Waals surface area contributed by atoms with E-state index in [1.165, 1.54) is 25.9 Å². The highest BCUT2D eigenvalue weighted by Crippen LogP contribution is 2.30. The van der Waals surface area contributed by atoms with E-state index in [0.717, 1.165) is 23.3 Å². The highest BCUT2D eigenvalue weighted by atomic mass is 32.2. The number of aromatic nitrogens is 2. The largest absolute Gasteiger partial charge is 0.373 e. The van der Waals surface area contributed by atoms with Gasteiger partial charge in [-0.05, 0) is 44.6 Å². The van der Waals surface area contributed by atoms with Gasteiger partial charge in [-0.1, -0.05) is 18.7 Å². The molecule has 5 nitrogen and oxygen atoms in total. The molecule has 0 saturated carbocycles. The molecule has 0 spiro atoms. The van der Waals surface area contributed by atoms with Gasteiger partial charge in [-0.2, -0.15) is 0 Å². The topological polar surface area (TPSA) is 53.1 Å². The van der Waals surface area contributed by atoms with Crippen LogP contribution in [-0.4, -0.2) is 54.9 Å². The summed E-state index contributed by atoms with van der Waals surface area (Å²) in [6.07, 6.45) is 4.46. The van der Waals surface area contributed by atoms with Gasteiger partial charge in [0.2, 0.25) is 0 Å². The molecule has 0 aromatic carbocycles. The van der Waals surface area contributed by atoms with E-state index in [2.05, 4.69) is 39.5 Å². The number of rotatable bonds is 5. The van der Waals surface area contributed by atoms with Crippen LogP contribution < -0.4 is 10.6 Å². The number of thioether (sulfide) groups is 1. The number of hydrogen-bond donors (Lipinski definition) is 2. The monoisotopic (exact) mass is 295 g/mol. The summed E-state index contributed by atoms with van der Waals surface area (Å²) < 4.78 is 0. The van der Waals surface area contributed by atoms with Crippen LogP contribution in [0.3, 0.4) is 0 Å². The van der Waals surface area contributed by atoms with Crippen molar-refractivity contribution in [3.8, 4) is 0 Å². The van der Waals surface area contributed by atoms with E-state index < -0.39 is 0 Å². The molecule has 0 atom stereocenters. The minimum absolute atomic E-state index is 0.358. The van der Waals surface area contributed by atoms with Crippen molar-refractivity contribution in [2.45, 2.75) is 24.9 Å². The molecule has 2 heterocycles. The Morgan fingerprint density at radius 1 is 1.30 bits per heavy atom. The van der Waals surface area contributed by atoms with Gasteiger partial charge in [0.05, 0.1) is 0 Å². The second-order valence-electron chi connectivity index (χ2n) is 5.84. The number of piperidine rings is 1. The van der Waals surface area contributed by atoms with Crippen LogP contribution in [0, 0.1) is 5.41 Å². The summed E-state index contributed by atoms with van der Waals surface area (Å²) in [5.74, 6) is 1.77. The van der Waals surface area contributed by atoms with E-state index in [1.54, 1.807) is 11.8 Å². The third-order valence-electron chi connectivity index (χ3n) is 4.03. The minimum Gasteiger partial charge on any atom is -0.373 e. The minimum atomic E-state index is 0.358. The highest BCUT2D eigenvalue weighted by molar-refractivity contribution is 7.98. The van der Waals surface area contributed by atoms with Crippen LogP contribution >= 0.6 is 11.8 Å². The average molecular weight is 295 g/mol.